The third kappa shape index (κ3) is 2.76. The van der Waals surface area contributed by atoms with E-state index in [0.717, 1.165) is 22.5 Å². The van der Waals surface area contributed by atoms with Gasteiger partial charge in [-0.15, -0.1) is 0 Å². The predicted molar refractivity (Wildman–Crippen MR) is 81.9 cm³/mol. The maximum atomic E-state index is 11.0. The lowest BCUT2D eigenvalue weighted by atomic mass is 10.1. The number of aromatic carboxylic acids is 1. The highest BCUT2D eigenvalue weighted by Gasteiger charge is 2.08. The SMILES string of the molecule is Cc1cc(-c2ccc(-c3cccc(C(=O)[O-])c3)[nH]2)c[n+](C)c1. The van der Waals surface area contributed by atoms with Crippen molar-refractivity contribution in [2.24, 2.45) is 7.05 Å². The number of rotatable bonds is 3. The highest BCUT2D eigenvalue weighted by molar-refractivity contribution is 5.87. The minimum Gasteiger partial charge on any atom is -0.545 e. The largest absolute Gasteiger partial charge is 0.545 e. The highest BCUT2D eigenvalue weighted by atomic mass is 16.4. The molecule has 0 amide bonds. The number of benzene rings is 1. The van der Waals surface area contributed by atoms with Crippen molar-refractivity contribution < 1.29 is 14.5 Å². The van der Waals surface area contributed by atoms with Gasteiger partial charge >= 0.3 is 0 Å². The molecular formula is C18H16N2O2. The summed E-state index contributed by atoms with van der Waals surface area (Å²) in [6, 6.07) is 12.8. The van der Waals surface area contributed by atoms with Gasteiger partial charge in [0.2, 0.25) is 0 Å². The number of carbonyl (C=O) groups excluding carboxylic acids is 1. The van der Waals surface area contributed by atoms with E-state index < -0.39 is 5.97 Å². The van der Waals surface area contributed by atoms with E-state index in [1.165, 1.54) is 11.6 Å². The van der Waals surface area contributed by atoms with Crippen LogP contribution >= 0.6 is 0 Å². The van der Waals surface area contributed by atoms with E-state index in [1.807, 2.05) is 36.0 Å². The molecule has 0 aliphatic heterocycles. The first kappa shape index (κ1) is 14.1. The van der Waals surface area contributed by atoms with Crippen molar-refractivity contribution in [3.8, 4) is 22.5 Å². The van der Waals surface area contributed by atoms with Gasteiger partial charge in [0.1, 0.15) is 7.05 Å². The van der Waals surface area contributed by atoms with E-state index in [-0.39, 0.29) is 5.56 Å². The number of carbonyl (C=O) groups is 1. The Morgan fingerprint density at radius 2 is 1.77 bits per heavy atom. The molecular weight excluding hydrogens is 276 g/mol. The van der Waals surface area contributed by atoms with Crippen LogP contribution in [0, 0.1) is 6.92 Å². The van der Waals surface area contributed by atoms with E-state index >= 15 is 0 Å². The minimum atomic E-state index is -1.17. The van der Waals surface area contributed by atoms with Crippen molar-refractivity contribution in [1.29, 1.82) is 0 Å². The molecule has 0 bridgehead atoms. The summed E-state index contributed by atoms with van der Waals surface area (Å²) in [7, 11) is 1.99. The zero-order valence-corrected chi connectivity index (χ0v) is 12.5. The molecule has 0 unspecified atom stereocenters. The summed E-state index contributed by atoms with van der Waals surface area (Å²) < 4.78 is 2.02. The first-order chi connectivity index (χ1) is 10.5. The molecule has 1 aromatic carbocycles. The van der Waals surface area contributed by atoms with Crippen LogP contribution in [0.1, 0.15) is 15.9 Å². The molecule has 0 radical (unpaired) electrons. The van der Waals surface area contributed by atoms with E-state index in [4.69, 9.17) is 0 Å². The average Bonchev–Trinajstić information content (AvgIpc) is 2.96. The lowest BCUT2D eigenvalue weighted by Gasteiger charge is -2.05. The molecule has 22 heavy (non-hydrogen) atoms. The molecule has 4 nitrogen and oxygen atoms in total. The second-order valence-electron chi connectivity index (χ2n) is 5.42. The van der Waals surface area contributed by atoms with Gasteiger partial charge in [0.05, 0.1) is 17.2 Å². The van der Waals surface area contributed by atoms with Crippen LogP contribution in [-0.4, -0.2) is 11.0 Å². The number of pyridine rings is 1. The fourth-order valence-electron chi connectivity index (χ4n) is 2.59. The Bertz CT molecular complexity index is 830. The number of aryl methyl sites for hydroxylation is 2. The van der Waals surface area contributed by atoms with Gasteiger partial charge in [0.25, 0.3) is 0 Å². The standard InChI is InChI=1S/C18H16N2O2/c1-12-8-15(11-20(2)10-12)17-7-6-16(19-17)13-4-3-5-14(9-13)18(21)22/h3-11,19H,1-2H3. The van der Waals surface area contributed by atoms with E-state index in [1.54, 1.807) is 12.1 Å². The van der Waals surface area contributed by atoms with Crippen molar-refractivity contribution in [3.05, 3.63) is 66.0 Å². The zero-order valence-electron chi connectivity index (χ0n) is 12.5. The monoisotopic (exact) mass is 292 g/mol. The molecule has 3 aromatic rings. The van der Waals surface area contributed by atoms with Crippen LogP contribution in [0.25, 0.3) is 22.5 Å². The van der Waals surface area contributed by atoms with Crippen molar-refractivity contribution >= 4 is 5.97 Å². The fourth-order valence-corrected chi connectivity index (χ4v) is 2.59. The Balaban J connectivity index is 2.00. The van der Waals surface area contributed by atoms with Crippen LogP contribution in [0.4, 0.5) is 0 Å². The van der Waals surface area contributed by atoms with Crippen molar-refractivity contribution in [2.75, 3.05) is 0 Å². The maximum Gasteiger partial charge on any atom is 0.177 e. The number of H-pyrrole nitrogens is 1. The average molecular weight is 292 g/mol. The maximum absolute atomic E-state index is 11.0. The molecule has 0 aliphatic rings. The molecule has 0 saturated carbocycles. The summed E-state index contributed by atoms with van der Waals surface area (Å²) in [6.45, 7) is 2.05. The number of nitrogens with zero attached hydrogens (tertiary/aromatic N) is 1. The molecule has 0 atom stereocenters. The van der Waals surface area contributed by atoms with Gasteiger partial charge in [0.15, 0.2) is 12.4 Å². The van der Waals surface area contributed by atoms with Crippen LogP contribution in [-0.2, 0) is 7.05 Å². The second kappa shape index (κ2) is 5.48. The number of carboxylic acids is 1. The number of aromatic nitrogens is 2. The van der Waals surface area contributed by atoms with Crippen molar-refractivity contribution in [3.63, 3.8) is 0 Å². The number of nitrogens with one attached hydrogen (secondary N) is 1. The smallest absolute Gasteiger partial charge is 0.177 e. The molecule has 3 rings (SSSR count). The summed E-state index contributed by atoms with van der Waals surface area (Å²) >= 11 is 0. The van der Waals surface area contributed by atoms with Crippen LogP contribution in [0.15, 0.2) is 54.9 Å². The Morgan fingerprint density at radius 3 is 2.45 bits per heavy atom. The summed E-state index contributed by atoms with van der Waals surface area (Å²) in [4.78, 5) is 14.3. The first-order valence-corrected chi connectivity index (χ1v) is 7.01. The summed E-state index contributed by atoms with van der Waals surface area (Å²) in [5, 5.41) is 11.0. The second-order valence-corrected chi connectivity index (χ2v) is 5.42. The Morgan fingerprint density at radius 1 is 1.05 bits per heavy atom. The van der Waals surface area contributed by atoms with Gasteiger partial charge < -0.3 is 14.9 Å². The van der Waals surface area contributed by atoms with Crippen LogP contribution in [0.5, 0.6) is 0 Å². The lowest BCUT2D eigenvalue weighted by molar-refractivity contribution is -0.671. The van der Waals surface area contributed by atoms with Crippen molar-refractivity contribution in [1.82, 2.24) is 4.98 Å². The van der Waals surface area contributed by atoms with Crippen molar-refractivity contribution in [2.45, 2.75) is 6.92 Å². The van der Waals surface area contributed by atoms with Gasteiger partial charge in [0, 0.05) is 11.3 Å². The molecule has 110 valence electrons. The Kier molecular flexibility index (Phi) is 3.51. The van der Waals surface area contributed by atoms with Crippen LogP contribution < -0.4 is 9.67 Å². The lowest BCUT2D eigenvalue weighted by Crippen LogP contribution is -2.27. The zero-order chi connectivity index (χ0) is 15.7. The van der Waals surface area contributed by atoms with E-state index in [9.17, 15) is 9.90 Å². The Labute approximate surface area is 128 Å². The topological polar surface area (TPSA) is 59.8 Å². The number of aromatic amines is 1. The summed E-state index contributed by atoms with van der Waals surface area (Å²) in [5.74, 6) is -1.17. The fraction of sp³-hybridized carbons (Fsp3) is 0.111. The van der Waals surface area contributed by atoms with Gasteiger partial charge in [-0.05, 0) is 42.3 Å². The van der Waals surface area contributed by atoms with E-state index in [0.29, 0.717) is 0 Å². The third-order valence-corrected chi connectivity index (χ3v) is 3.54. The summed E-state index contributed by atoms with van der Waals surface area (Å²) in [6.07, 6.45) is 4.09. The molecule has 0 saturated heterocycles. The minimum absolute atomic E-state index is 0.176. The molecule has 0 fully saturated rings. The quantitative estimate of drug-likeness (QED) is 0.749. The molecule has 0 aliphatic carbocycles. The third-order valence-electron chi connectivity index (χ3n) is 3.54. The molecule has 2 heterocycles. The molecule has 1 N–H and O–H groups in total. The first-order valence-electron chi connectivity index (χ1n) is 7.01. The van der Waals surface area contributed by atoms with Crippen LogP contribution in [0.2, 0.25) is 0 Å². The highest BCUT2D eigenvalue weighted by Crippen LogP contribution is 2.24. The van der Waals surface area contributed by atoms with Crippen LogP contribution in [0.3, 0.4) is 0 Å². The number of hydrogen-bond donors (Lipinski definition) is 1. The number of hydrogen-bond acceptors (Lipinski definition) is 2. The summed E-state index contributed by atoms with van der Waals surface area (Å²) in [5.41, 5.74) is 5.14. The number of carboxylic acid groups (broad SMARTS) is 1. The molecule has 0 spiro atoms. The Hall–Kier alpha value is -2.88. The molecule has 4 heteroatoms. The van der Waals surface area contributed by atoms with Gasteiger partial charge in [-0.1, -0.05) is 18.2 Å². The molecule has 2 aromatic heterocycles. The van der Waals surface area contributed by atoms with Gasteiger partial charge in [-0.2, -0.15) is 0 Å². The van der Waals surface area contributed by atoms with Gasteiger partial charge in [-0.3, -0.25) is 0 Å². The van der Waals surface area contributed by atoms with Gasteiger partial charge in [-0.25, -0.2) is 4.57 Å². The predicted octanol–water partition coefficient (Wildman–Crippen LogP) is 1.85. The normalized spacial score (nSPS) is 10.6. The van der Waals surface area contributed by atoms with E-state index in [2.05, 4.69) is 24.2 Å².